The molecule has 0 fully saturated rings. The van der Waals surface area contributed by atoms with Gasteiger partial charge in [0.1, 0.15) is 11.6 Å². The van der Waals surface area contributed by atoms with Crippen LogP contribution in [0.1, 0.15) is 18.1 Å². The van der Waals surface area contributed by atoms with Crippen LogP contribution in [0, 0.1) is 11.3 Å². The van der Waals surface area contributed by atoms with Crippen molar-refractivity contribution in [3.05, 3.63) is 53.4 Å². The first-order valence-electron chi connectivity index (χ1n) is 6.50. The van der Waals surface area contributed by atoms with Crippen molar-refractivity contribution < 1.29 is 9.53 Å². The predicted octanol–water partition coefficient (Wildman–Crippen LogP) is 2.35. The van der Waals surface area contributed by atoms with Gasteiger partial charge in [0.25, 0.3) is 0 Å². The summed E-state index contributed by atoms with van der Waals surface area (Å²) in [6.45, 7) is 1.92. The van der Waals surface area contributed by atoms with Crippen molar-refractivity contribution in [3.8, 4) is 17.5 Å². The van der Waals surface area contributed by atoms with Crippen molar-refractivity contribution in [2.75, 3.05) is 6.61 Å². The van der Waals surface area contributed by atoms with Gasteiger partial charge in [-0.1, -0.05) is 12.1 Å². The fraction of sp³-hybridized carbons (Fsp3) is 0.125. The smallest absolute Gasteiger partial charge is 0.349 e. The van der Waals surface area contributed by atoms with Crippen molar-refractivity contribution in [2.24, 2.45) is 0 Å². The summed E-state index contributed by atoms with van der Waals surface area (Å²) < 4.78 is 4.98. The van der Waals surface area contributed by atoms with E-state index in [1.165, 1.54) is 0 Å². The van der Waals surface area contributed by atoms with Crippen LogP contribution in [0.4, 0.5) is 0 Å². The van der Waals surface area contributed by atoms with Crippen molar-refractivity contribution >= 4 is 11.5 Å². The van der Waals surface area contributed by atoms with Gasteiger partial charge in [0.15, 0.2) is 0 Å². The number of nitrogens with zero attached hydrogens (tertiary/aromatic N) is 3. The van der Waals surface area contributed by atoms with Crippen LogP contribution in [0.15, 0.2) is 42.2 Å². The van der Waals surface area contributed by atoms with Crippen LogP contribution in [0.5, 0.6) is 0 Å². The van der Waals surface area contributed by atoms with Crippen molar-refractivity contribution in [3.63, 3.8) is 0 Å². The van der Waals surface area contributed by atoms with Gasteiger partial charge in [0.2, 0.25) is 0 Å². The molecule has 2 aromatic rings. The summed E-state index contributed by atoms with van der Waals surface area (Å²) in [5.41, 5.74) is 3.35. The minimum atomic E-state index is -0.624. The highest BCUT2D eigenvalue weighted by molar-refractivity contribution is 6.11. The number of fused-ring (bicyclic) bond motifs is 3. The predicted molar refractivity (Wildman–Crippen MR) is 75.7 cm³/mol. The number of ether oxygens (including phenoxy) is 1. The molecule has 21 heavy (non-hydrogen) atoms. The molecule has 0 saturated heterocycles. The van der Waals surface area contributed by atoms with E-state index < -0.39 is 5.97 Å². The summed E-state index contributed by atoms with van der Waals surface area (Å²) in [5, 5.41) is 9.39. The molecule has 0 aliphatic heterocycles. The molecule has 0 radical (unpaired) electrons. The highest BCUT2D eigenvalue weighted by Gasteiger charge is 2.30. The topological polar surface area (TPSA) is 75.9 Å². The van der Waals surface area contributed by atoms with Crippen LogP contribution in [0.3, 0.4) is 0 Å². The van der Waals surface area contributed by atoms with E-state index in [4.69, 9.17) is 4.74 Å². The molecule has 0 saturated carbocycles. The Morgan fingerprint density at radius 2 is 1.76 bits per heavy atom. The zero-order valence-electron chi connectivity index (χ0n) is 11.3. The van der Waals surface area contributed by atoms with Crippen LogP contribution in [-0.4, -0.2) is 22.5 Å². The maximum absolute atomic E-state index is 12.0. The molecule has 5 heteroatoms. The quantitative estimate of drug-likeness (QED) is 0.408. The van der Waals surface area contributed by atoms with Gasteiger partial charge in [-0.2, -0.15) is 5.26 Å². The zero-order valence-corrected chi connectivity index (χ0v) is 11.3. The van der Waals surface area contributed by atoms with Gasteiger partial charge >= 0.3 is 5.97 Å². The molecule has 0 spiro atoms. The molecule has 0 unspecified atom stereocenters. The normalized spacial score (nSPS) is 11.3. The molecule has 5 nitrogen and oxygen atoms in total. The summed E-state index contributed by atoms with van der Waals surface area (Å²) in [5.74, 6) is -0.624. The maximum Gasteiger partial charge on any atom is 0.349 e. The number of aromatic nitrogens is 2. The molecular formula is C16H11N3O2. The van der Waals surface area contributed by atoms with E-state index in [0.29, 0.717) is 17.0 Å². The van der Waals surface area contributed by atoms with Gasteiger partial charge < -0.3 is 4.74 Å². The second-order valence-corrected chi connectivity index (χ2v) is 4.38. The van der Waals surface area contributed by atoms with E-state index >= 15 is 0 Å². The van der Waals surface area contributed by atoms with Crippen LogP contribution in [-0.2, 0) is 9.53 Å². The molecule has 102 valence electrons. The second kappa shape index (κ2) is 5.17. The lowest BCUT2D eigenvalue weighted by atomic mass is 10.00. The number of nitriles is 1. The fourth-order valence-corrected chi connectivity index (χ4v) is 2.41. The summed E-state index contributed by atoms with van der Waals surface area (Å²) in [7, 11) is 0. The van der Waals surface area contributed by atoms with E-state index in [1.54, 1.807) is 31.5 Å². The first kappa shape index (κ1) is 13.0. The molecule has 0 amide bonds. The van der Waals surface area contributed by atoms with Gasteiger partial charge in [-0.05, 0) is 19.1 Å². The monoisotopic (exact) mass is 277 g/mol. The van der Waals surface area contributed by atoms with Gasteiger partial charge in [0, 0.05) is 29.1 Å². The standard InChI is InChI=1S/C16H11N3O2/c1-2-21-16(20)12(9-17)13-10-5-3-7-18-14(10)15-11(13)6-4-8-19-15/h3-8H,2H2,1H3. The molecule has 1 aliphatic rings. The van der Waals surface area contributed by atoms with Crippen LogP contribution < -0.4 is 0 Å². The average molecular weight is 277 g/mol. The van der Waals surface area contributed by atoms with Gasteiger partial charge in [-0.15, -0.1) is 0 Å². The second-order valence-electron chi connectivity index (χ2n) is 4.38. The number of hydrogen-bond donors (Lipinski definition) is 0. The largest absolute Gasteiger partial charge is 0.462 e. The van der Waals surface area contributed by atoms with E-state index in [-0.39, 0.29) is 12.2 Å². The molecule has 3 rings (SSSR count). The lowest BCUT2D eigenvalue weighted by molar-refractivity contribution is -0.137. The third kappa shape index (κ3) is 1.98. The number of rotatable bonds is 2. The highest BCUT2D eigenvalue weighted by atomic mass is 16.5. The number of carbonyl (C=O) groups excluding carboxylic acids is 1. The minimum Gasteiger partial charge on any atom is -0.462 e. The third-order valence-electron chi connectivity index (χ3n) is 3.22. The number of pyridine rings is 2. The number of carbonyl (C=O) groups is 1. The molecule has 0 aromatic carbocycles. The molecule has 0 N–H and O–H groups in total. The SMILES string of the molecule is CCOC(=O)C(C#N)=C1c2cccnc2-c2ncccc21. The summed E-state index contributed by atoms with van der Waals surface area (Å²) in [6.07, 6.45) is 3.33. The maximum atomic E-state index is 12.0. The highest BCUT2D eigenvalue weighted by Crippen LogP contribution is 2.43. The fourth-order valence-electron chi connectivity index (χ4n) is 2.41. The third-order valence-corrected chi connectivity index (χ3v) is 3.22. The summed E-state index contributed by atoms with van der Waals surface area (Å²) in [4.78, 5) is 20.7. The van der Waals surface area contributed by atoms with Gasteiger partial charge in [0.05, 0.1) is 18.0 Å². The number of esters is 1. The van der Waals surface area contributed by atoms with Crippen molar-refractivity contribution in [1.29, 1.82) is 5.26 Å². The Kier molecular flexibility index (Phi) is 3.20. The first-order chi connectivity index (χ1) is 10.3. The molecular weight excluding hydrogens is 266 g/mol. The summed E-state index contributed by atoms with van der Waals surface area (Å²) in [6, 6.07) is 9.16. The first-order valence-corrected chi connectivity index (χ1v) is 6.50. The molecule has 2 aromatic heterocycles. The van der Waals surface area contributed by atoms with Crippen LogP contribution in [0.2, 0.25) is 0 Å². The van der Waals surface area contributed by atoms with Crippen LogP contribution >= 0.6 is 0 Å². The molecule has 0 bridgehead atoms. The number of hydrogen-bond acceptors (Lipinski definition) is 5. The van der Waals surface area contributed by atoms with E-state index in [2.05, 4.69) is 9.97 Å². The van der Waals surface area contributed by atoms with Gasteiger partial charge in [-0.25, -0.2) is 4.79 Å². The Morgan fingerprint density at radius 1 is 1.19 bits per heavy atom. The van der Waals surface area contributed by atoms with E-state index in [9.17, 15) is 10.1 Å². The average Bonchev–Trinajstić information content (AvgIpc) is 2.84. The Labute approximate surface area is 121 Å². The van der Waals surface area contributed by atoms with E-state index in [1.807, 2.05) is 18.2 Å². The Balaban J connectivity index is 2.32. The van der Waals surface area contributed by atoms with Gasteiger partial charge in [-0.3, -0.25) is 9.97 Å². The Bertz CT molecular complexity index is 756. The van der Waals surface area contributed by atoms with Crippen molar-refractivity contribution in [2.45, 2.75) is 6.92 Å². The lowest BCUT2D eigenvalue weighted by Crippen LogP contribution is -2.08. The Hall–Kier alpha value is -3.00. The summed E-state index contributed by atoms with van der Waals surface area (Å²) >= 11 is 0. The molecule has 0 atom stereocenters. The minimum absolute atomic E-state index is 0.0159. The van der Waals surface area contributed by atoms with Crippen LogP contribution in [0.25, 0.3) is 17.0 Å². The Morgan fingerprint density at radius 3 is 2.24 bits per heavy atom. The lowest BCUT2D eigenvalue weighted by Gasteiger charge is -2.06. The zero-order chi connectivity index (χ0) is 14.8. The molecule has 2 heterocycles. The van der Waals surface area contributed by atoms with Crippen molar-refractivity contribution in [1.82, 2.24) is 9.97 Å². The molecule has 1 aliphatic carbocycles. The van der Waals surface area contributed by atoms with E-state index in [0.717, 1.165) is 11.1 Å².